The highest BCUT2D eigenvalue weighted by molar-refractivity contribution is 9.11. The van der Waals surface area contributed by atoms with Gasteiger partial charge >= 0.3 is 0 Å². The second-order valence-corrected chi connectivity index (χ2v) is 8.64. The smallest absolute Gasteiger partial charge is 0.271 e. The van der Waals surface area contributed by atoms with Crippen LogP contribution < -0.4 is 10.0 Å². The molecule has 2 N–H and O–H groups in total. The topological polar surface area (TPSA) is 75.3 Å². The number of halogens is 2. The normalized spacial score (nSPS) is 11.2. The van der Waals surface area contributed by atoms with Crippen LogP contribution >= 0.6 is 38.9 Å². The fraction of sp³-hybridized carbons (Fsp3) is 0.0833. The third kappa shape index (κ3) is 3.76. The molecule has 0 aliphatic heterocycles. The Morgan fingerprint density at radius 3 is 2.62 bits per heavy atom. The number of hydrogen-bond donors (Lipinski definition) is 2. The number of carbonyl (C=O) groups is 1. The van der Waals surface area contributed by atoms with E-state index in [-0.39, 0.29) is 10.1 Å². The van der Waals surface area contributed by atoms with Crippen LogP contribution in [-0.2, 0) is 10.0 Å². The SMILES string of the molecule is CNC(=O)c1cccc(NS(=O)(=O)c2cc(Cl)c(Br)s2)c1. The first-order valence-electron chi connectivity index (χ1n) is 5.63. The van der Waals surface area contributed by atoms with E-state index in [0.717, 1.165) is 11.3 Å². The Hall–Kier alpha value is -1.09. The van der Waals surface area contributed by atoms with Gasteiger partial charge in [-0.15, -0.1) is 11.3 Å². The van der Waals surface area contributed by atoms with E-state index in [1.807, 2.05) is 0 Å². The molecule has 1 amide bonds. The molecule has 0 unspecified atom stereocenters. The molecular weight excluding hydrogens is 400 g/mol. The Labute approximate surface area is 139 Å². The van der Waals surface area contributed by atoms with Crippen LogP contribution in [0.3, 0.4) is 0 Å². The first-order chi connectivity index (χ1) is 9.83. The minimum Gasteiger partial charge on any atom is -0.355 e. The summed E-state index contributed by atoms with van der Waals surface area (Å²) in [6.45, 7) is 0. The van der Waals surface area contributed by atoms with Gasteiger partial charge < -0.3 is 5.32 Å². The molecular formula is C12H10BrClN2O3S2. The predicted octanol–water partition coefficient (Wildman–Crippen LogP) is 3.32. The molecule has 9 heteroatoms. The second-order valence-electron chi connectivity index (χ2n) is 3.95. The first kappa shape index (κ1) is 16.3. The maximum Gasteiger partial charge on any atom is 0.271 e. The third-order valence-corrected chi connectivity index (χ3v) is 6.82. The fourth-order valence-corrected chi connectivity index (χ4v) is 4.98. The predicted molar refractivity (Wildman–Crippen MR) is 87.7 cm³/mol. The quantitative estimate of drug-likeness (QED) is 0.813. The summed E-state index contributed by atoms with van der Waals surface area (Å²) in [5.74, 6) is -0.294. The number of benzene rings is 1. The summed E-state index contributed by atoms with van der Waals surface area (Å²) < 4.78 is 27.5. The zero-order chi connectivity index (χ0) is 15.6. The largest absolute Gasteiger partial charge is 0.355 e. The number of carbonyl (C=O) groups excluding carboxylic acids is 1. The van der Waals surface area contributed by atoms with Crippen LogP contribution in [0.15, 0.2) is 38.3 Å². The molecule has 0 fully saturated rings. The lowest BCUT2D eigenvalue weighted by molar-refractivity contribution is 0.0963. The lowest BCUT2D eigenvalue weighted by atomic mass is 10.2. The summed E-state index contributed by atoms with van der Waals surface area (Å²) in [6, 6.07) is 7.57. The molecule has 0 spiro atoms. The summed E-state index contributed by atoms with van der Waals surface area (Å²) in [5, 5.41) is 2.81. The van der Waals surface area contributed by atoms with Gasteiger partial charge in [-0.1, -0.05) is 17.7 Å². The molecule has 1 aromatic carbocycles. The number of sulfonamides is 1. The Bertz CT molecular complexity index is 770. The zero-order valence-electron chi connectivity index (χ0n) is 10.7. The molecule has 0 radical (unpaired) electrons. The molecule has 0 aliphatic rings. The molecule has 0 saturated carbocycles. The number of rotatable bonds is 4. The molecule has 0 bridgehead atoms. The second kappa shape index (κ2) is 6.35. The van der Waals surface area contributed by atoms with Gasteiger partial charge in [-0.05, 0) is 40.2 Å². The van der Waals surface area contributed by atoms with Crippen LogP contribution in [0.25, 0.3) is 0 Å². The minimum atomic E-state index is -3.74. The highest BCUT2D eigenvalue weighted by Crippen LogP contribution is 2.35. The van der Waals surface area contributed by atoms with Gasteiger partial charge in [-0.3, -0.25) is 9.52 Å². The minimum absolute atomic E-state index is 0.0877. The molecule has 0 atom stereocenters. The lowest BCUT2D eigenvalue weighted by Gasteiger charge is -2.07. The number of anilines is 1. The fourth-order valence-electron chi connectivity index (χ4n) is 1.53. The highest BCUT2D eigenvalue weighted by Gasteiger charge is 2.19. The van der Waals surface area contributed by atoms with Crippen molar-refractivity contribution >= 4 is 60.5 Å². The molecule has 21 heavy (non-hydrogen) atoms. The molecule has 2 aromatic rings. The summed E-state index contributed by atoms with van der Waals surface area (Å²) >= 11 is 10.0. The van der Waals surface area contributed by atoms with Crippen molar-refractivity contribution in [2.75, 3.05) is 11.8 Å². The van der Waals surface area contributed by atoms with Crippen LogP contribution in [0.4, 0.5) is 5.69 Å². The molecule has 1 heterocycles. The van der Waals surface area contributed by atoms with Crippen LogP contribution in [0.1, 0.15) is 10.4 Å². The number of nitrogens with one attached hydrogen (secondary N) is 2. The van der Waals surface area contributed by atoms with Crippen LogP contribution in [0.2, 0.25) is 5.02 Å². The van der Waals surface area contributed by atoms with Gasteiger partial charge in [0.25, 0.3) is 15.9 Å². The van der Waals surface area contributed by atoms with Crippen molar-refractivity contribution in [3.63, 3.8) is 0 Å². The van der Waals surface area contributed by atoms with E-state index in [1.165, 1.54) is 19.2 Å². The Kier molecular flexibility index (Phi) is 4.92. The van der Waals surface area contributed by atoms with Gasteiger partial charge in [-0.2, -0.15) is 0 Å². The van der Waals surface area contributed by atoms with Gasteiger partial charge in [0.1, 0.15) is 4.21 Å². The summed E-state index contributed by atoms with van der Waals surface area (Å²) in [6.07, 6.45) is 0. The number of thiophene rings is 1. The molecule has 1 aromatic heterocycles. The van der Waals surface area contributed by atoms with Crippen molar-refractivity contribution in [3.8, 4) is 0 Å². The highest BCUT2D eigenvalue weighted by atomic mass is 79.9. The van der Waals surface area contributed by atoms with Gasteiger partial charge in [0.15, 0.2) is 0 Å². The van der Waals surface area contributed by atoms with Crippen molar-refractivity contribution in [2.24, 2.45) is 0 Å². The van der Waals surface area contributed by atoms with E-state index >= 15 is 0 Å². The molecule has 112 valence electrons. The van der Waals surface area contributed by atoms with Crippen molar-refractivity contribution < 1.29 is 13.2 Å². The van der Waals surface area contributed by atoms with Gasteiger partial charge in [0.2, 0.25) is 0 Å². The zero-order valence-corrected chi connectivity index (χ0v) is 14.7. The van der Waals surface area contributed by atoms with Gasteiger partial charge in [-0.25, -0.2) is 8.42 Å². The van der Waals surface area contributed by atoms with Gasteiger partial charge in [0.05, 0.1) is 8.81 Å². The average molecular weight is 410 g/mol. The van der Waals surface area contributed by atoms with Crippen LogP contribution in [0, 0.1) is 0 Å². The Morgan fingerprint density at radius 2 is 2.05 bits per heavy atom. The first-order valence-corrected chi connectivity index (χ1v) is 9.10. The number of amides is 1. The Morgan fingerprint density at radius 1 is 1.33 bits per heavy atom. The molecule has 5 nitrogen and oxygen atoms in total. The summed E-state index contributed by atoms with van der Waals surface area (Å²) in [5.41, 5.74) is 0.667. The van der Waals surface area contributed by atoms with Crippen molar-refractivity contribution in [2.45, 2.75) is 4.21 Å². The van der Waals surface area contributed by atoms with E-state index in [4.69, 9.17) is 11.6 Å². The maximum atomic E-state index is 12.2. The molecule has 0 aliphatic carbocycles. The van der Waals surface area contributed by atoms with Crippen molar-refractivity contribution in [3.05, 3.63) is 44.7 Å². The molecule has 2 rings (SSSR count). The maximum absolute atomic E-state index is 12.2. The average Bonchev–Trinajstić information content (AvgIpc) is 2.78. The van der Waals surface area contributed by atoms with Crippen LogP contribution in [0.5, 0.6) is 0 Å². The number of hydrogen-bond acceptors (Lipinski definition) is 4. The molecule has 0 saturated heterocycles. The van der Waals surface area contributed by atoms with Crippen LogP contribution in [-0.4, -0.2) is 21.4 Å². The third-order valence-electron chi connectivity index (χ3n) is 2.49. The summed E-state index contributed by atoms with van der Waals surface area (Å²) in [4.78, 5) is 11.5. The standard InChI is InChI=1S/C12H10BrClN2O3S2/c1-15-12(17)7-3-2-4-8(5-7)16-21(18,19)10-6-9(14)11(13)20-10/h2-6,16H,1H3,(H,15,17). The van der Waals surface area contributed by atoms with Crippen molar-refractivity contribution in [1.29, 1.82) is 0 Å². The van der Waals surface area contributed by atoms with Gasteiger partial charge in [0, 0.05) is 18.3 Å². The summed E-state index contributed by atoms with van der Waals surface area (Å²) in [7, 11) is -2.24. The van der Waals surface area contributed by atoms with E-state index in [1.54, 1.807) is 18.2 Å². The van der Waals surface area contributed by atoms with Crippen molar-refractivity contribution in [1.82, 2.24) is 5.32 Å². The Balaban J connectivity index is 2.30. The van der Waals surface area contributed by atoms with E-state index < -0.39 is 10.0 Å². The van der Waals surface area contributed by atoms with E-state index in [2.05, 4.69) is 26.0 Å². The monoisotopic (exact) mass is 408 g/mol. The van der Waals surface area contributed by atoms with E-state index in [9.17, 15) is 13.2 Å². The lowest BCUT2D eigenvalue weighted by Crippen LogP contribution is -2.18. The van der Waals surface area contributed by atoms with E-state index in [0.29, 0.717) is 20.1 Å².